The molecule has 0 saturated carbocycles. The highest BCUT2D eigenvalue weighted by Crippen LogP contribution is 2.29. The lowest BCUT2D eigenvalue weighted by Crippen LogP contribution is -2.06. The van der Waals surface area contributed by atoms with E-state index in [1.54, 1.807) is 19.2 Å². The van der Waals surface area contributed by atoms with Crippen LogP contribution in [0.15, 0.2) is 27.2 Å². The van der Waals surface area contributed by atoms with E-state index in [2.05, 4.69) is 31.4 Å². The molecule has 2 rings (SSSR count). The van der Waals surface area contributed by atoms with Gasteiger partial charge in [0.25, 0.3) is 5.89 Å². The van der Waals surface area contributed by atoms with Crippen molar-refractivity contribution in [2.24, 2.45) is 0 Å². The van der Waals surface area contributed by atoms with Gasteiger partial charge < -0.3 is 9.84 Å². The SMILES string of the molecule is CNCc1noc(-c2c(F)cccc2Br)n1. The summed E-state index contributed by atoms with van der Waals surface area (Å²) in [5.41, 5.74) is 0.289. The van der Waals surface area contributed by atoms with Crippen molar-refractivity contribution in [1.29, 1.82) is 0 Å². The predicted octanol–water partition coefficient (Wildman–Crippen LogP) is 2.36. The lowest BCUT2D eigenvalue weighted by atomic mass is 10.2. The number of benzene rings is 1. The highest BCUT2D eigenvalue weighted by atomic mass is 79.9. The first-order valence-electron chi connectivity index (χ1n) is 4.64. The number of nitrogens with zero attached hydrogens (tertiary/aromatic N) is 2. The quantitative estimate of drug-likeness (QED) is 0.941. The lowest BCUT2D eigenvalue weighted by molar-refractivity contribution is 0.418. The minimum Gasteiger partial charge on any atom is -0.334 e. The first kappa shape index (κ1) is 11.2. The summed E-state index contributed by atoms with van der Waals surface area (Å²) in [7, 11) is 1.77. The second kappa shape index (κ2) is 4.71. The molecule has 1 N–H and O–H groups in total. The zero-order chi connectivity index (χ0) is 11.5. The number of hydrogen-bond donors (Lipinski definition) is 1. The van der Waals surface area contributed by atoms with Crippen LogP contribution in [0.25, 0.3) is 11.5 Å². The molecule has 4 nitrogen and oxygen atoms in total. The minimum atomic E-state index is -0.394. The van der Waals surface area contributed by atoms with Crippen LogP contribution in [0, 0.1) is 5.82 Å². The zero-order valence-electron chi connectivity index (χ0n) is 8.50. The van der Waals surface area contributed by atoms with Gasteiger partial charge in [0, 0.05) is 4.47 Å². The van der Waals surface area contributed by atoms with Crippen molar-refractivity contribution in [1.82, 2.24) is 15.5 Å². The van der Waals surface area contributed by atoms with E-state index in [9.17, 15) is 4.39 Å². The molecule has 0 fully saturated rings. The molecule has 16 heavy (non-hydrogen) atoms. The topological polar surface area (TPSA) is 51.0 Å². The Morgan fingerprint density at radius 3 is 3.00 bits per heavy atom. The van der Waals surface area contributed by atoms with Crippen LogP contribution in [0.1, 0.15) is 5.82 Å². The molecule has 0 atom stereocenters. The fraction of sp³-hybridized carbons (Fsp3) is 0.200. The van der Waals surface area contributed by atoms with E-state index in [0.717, 1.165) is 0 Å². The van der Waals surface area contributed by atoms with E-state index in [0.29, 0.717) is 16.8 Å². The van der Waals surface area contributed by atoms with Crippen LogP contribution in [0.2, 0.25) is 0 Å². The van der Waals surface area contributed by atoms with Crippen LogP contribution >= 0.6 is 15.9 Å². The Kier molecular flexibility index (Phi) is 3.31. The van der Waals surface area contributed by atoms with Crippen LogP contribution in [-0.4, -0.2) is 17.2 Å². The molecule has 2 aromatic rings. The van der Waals surface area contributed by atoms with Gasteiger partial charge in [-0.2, -0.15) is 4.98 Å². The number of halogens is 2. The number of nitrogens with one attached hydrogen (secondary N) is 1. The van der Waals surface area contributed by atoms with E-state index in [4.69, 9.17) is 4.52 Å². The number of hydrogen-bond acceptors (Lipinski definition) is 4. The molecule has 0 aliphatic rings. The summed E-state index contributed by atoms with van der Waals surface area (Å²) in [5, 5.41) is 6.62. The van der Waals surface area contributed by atoms with E-state index in [1.165, 1.54) is 6.07 Å². The van der Waals surface area contributed by atoms with Crippen LogP contribution in [0.4, 0.5) is 4.39 Å². The molecular formula is C10H9BrFN3O. The Balaban J connectivity index is 2.42. The van der Waals surface area contributed by atoms with Gasteiger partial charge in [-0.25, -0.2) is 4.39 Å². The number of aromatic nitrogens is 2. The fourth-order valence-corrected chi connectivity index (χ4v) is 1.80. The summed E-state index contributed by atoms with van der Waals surface area (Å²) in [4.78, 5) is 4.08. The molecule has 1 aromatic heterocycles. The Morgan fingerprint density at radius 1 is 1.50 bits per heavy atom. The van der Waals surface area contributed by atoms with Crippen LogP contribution in [0.5, 0.6) is 0 Å². The highest BCUT2D eigenvalue weighted by molar-refractivity contribution is 9.10. The second-order valence-electron chi connectivity index (χ2n) is 3.14. The Hall–Kier alpha value is -1.27. The van der Waals surface area contributed by atoms with Crippen LogP contribution in [-0.2, 0) is 6.54 Å². The molecule has 6 heteroatoms. The first-order chi connectivity index (χ1) is 7.72. The molecule has 1 aromatic carbocycles. The normalized spacial score (nSPS) is 10.7. The maximum Gasteiger partial charge on any atom is 0.262 e. The second-order valence-corrected chi connectivity index (χ2v) is 4.00. The van der Waals surface area contributed by atoms with Gasteiger partial charge in [-0.3, -0.25) is 0 Å². The van der Waals surface area contributed by atoms with E-state index in [-0.39, 0.29) is 11.5 Å². The summed E-state index contributed by atoms with van der Waals surface area (Å²) in [6.45, 7) is 0.482. The number of rotatable bonds is 3. The van der Waals surface area contributed by atoms with Gasteiger partial charge in [0.15, 0.2) is 5.82 Å². The molecular weight excluding hydrogens is 277 g/mol. The average Bonchev–Trinajstić information content (AvgIpc) is 2.67. The predicted molar refractivity (Wildman–Crippen MR) is 60.2 cm³/mol. The average molecular weight is 286 g/mol. The van der Waals surface area contributed by atoms with Crippen LogP contribution < -0.4 is 5.32 Å². The van der Waals surface area contributed by atoms with E-state index < -0.39 is 5.82 Å². The molecule has 1 heterocycles. The summed E-state index contributed by atoms with van der Waals surface area (Å²) < 4.78 is 19.1. The molecule has 0 aliphatic carbocycles. The third-order valence-electron chi connectivity index (χ3n) is 1.98. The van der Waals surface area contributed by atoms with Crippen molar-refractivity contribution in [3.05, 3.63) is 34.3 Å². The zero-order valence-corrected chi connectivity index (χ0v) is 10.1. The van der Waals surface area contributed by atoms with E-state index >= 15 is 0 Å². The van der Waals surface area contributed by atoms with Gasteiger partial charge >= 0.3 is 0 Å². The Labute approximate surface area is 100.0 Å². The summed E-state index contributed by atoms with van der Waals surface area (Å²) >= 11 is 3.25. The Bertz CT molecular complexity index is 480. The first-order valence-corrected chi connectivity index (χ1v) is 5.43. The van der Waals surface area contributed by atoms with Gasteiger partial charge in [0.1, 0.15) is 5.82 Å². The molecule has 0 spiro atoms. The molecule has 0 unspecified atom stereocenters. The van der Waals surface area contributed by atoms with Gasteiger partial charge in [0.2, 0.25) is 0 Å². The standard InChI is InChI=1S/C10H9BrFN3O/c1-13-5-8-14-10(16-15-8)9-6(11)3-2-4-7(9)12/h2-4,13H,5H2,1H3. The summed E-state index contributed by atoms with van der Waals surface area (Å²) in [5.74, 6) is 0.275. The maximum atomic E-state index is 13.6. The van der Waals surface area contributed by atoms with Crippen molar-refractivity contribution in [2.75, 3.05) is 7.05 Å². The Morgan fingerprint density at radius 2 is 2.31 bits per heavy atom. The minimum absolute atomic E-state index is 0.176. The summed E-state index contributed by atoms with van der Waals surface area (Å²) in [6.07, 6.45) is 0. The third-order valence-corrected chi connectivity index (χ3v) is 2.64. The third kappa shape index (κ3) is 2.12. The molecule has 0 aliphatic heterocycles. The molecule has 0 saturated heterocycles. The molecule has 84 valence electrons. The smallest absolute Gasteiger partial charge is 0.262 e. The van der Waals surface area contributed by atoms with Crippen molar-refractivity contribution < 1.29 is 8.91 Å². The van der Waals surface area contributed by atoms with Crippen molar-refractivity contribution >= 4 is 15.9 Å². The van der Waals surface area contributed by atoms with Gasteiger partial charge in [-0.1, -0.05) is 11.2 Å². The van der Waals surface area contributed by atoms with Gasteiger partial charge in [0.05, 0.1) is 12.1 Å². The summed E-state index contributed by atoms with van der Waals surface area (Å²) in [6, 6.07) is 4.68. The fourth-order valence-electron chi connectivity index (χ4n) is 1.29. The molecule has 0 amide bonds. The highest BCUT2D eigenvalue weighted by Gasteiger charge is 2.15. The van der Waals surface area contributed by atoms with Crippen molar-refractivity contribution in [3.8, 4) is 11.5 Å². The van der Waals surface area contributed by atoms with Gasteiger partial charge in [-0.05, 0) is 35.1 Å². The van der Waals surface area contributed by atoms with Crippen LogP contribution in [0.3, 0.4) is 0 Å². The van der Waals surface area contributed by atoms with Crippen molar-refractivity contribution in [3.63, 3.8) is 0 Å². The maximum absolute atomic E-state index is 13.6. The lowest BCUT2D eigenvalue weighted by Gasteiger charge is -1.99. The van der Waals surface area contributed by atoms with Gasteiger partial charge in [-0.15, -0.1) is 0 Å². The molecule has 0 radical (unpaired) electrons. The monoisotopic (exact) mass is 285 g/mol. The molecule has 0 bridgehead atoms. The largest absolute Gasteiger partial charge is 0.334 e. The van der Waals surface area contributed by atoms with E-state index in [1.807, 2.05) is 0 Å². The van der Waals surface area contributed by atoms with Crippen molar-refractivity contribution in [2.45, 2.75) is 6.54 Å².